The van der Waals surface area contributed by atoms with Crippen molar-refractivity contribution in [2.24, 2.45) is 0 Å². The minimum absolute atomic E-state index is 0.0196. The number of anilines is 1. The first-order chi connectivity index (χ1) is 17.0. The maximum absolute atomic E-state index is 13.6. The number of nitrogens with zero attached hydrogens (tertiary/aromatic N) is 2. The number of rotatable bonds is 10. The SMILES string of the molecule is CCCNC(=O)[C@@H](C)N(Cc1ccc(Cl)cc1Cl)C(=O)CN(c1ccc2c(c1)OCCO2)S(C)(=O)=O. The summed E-state index contributed by atoms with van der Waals surface area (Å²) < 4.78 is 37.5. The van der Waals surface area contributed by atoms with Crippen molar-refractivity contribution in [3.05, 3.63) is 52.0 Å². The van der Waals surface area contributed by atoms with Crippen LogP contribution in [0.15, 0.2) is 36.4 Å². The van der Waals surface area contributed by atoms with Crippen LogP contribution in [-0.2, 0) is 26.2 Å². The number of benzene rings is 2. The molecule has 2 aromatic rings. The van der Waals surface area contributed by atoms with E-state index in [1.54, 1.807) is 37.3 Å². The number of carbonyl (C=O) groups excluding carboxylic acids is 2. The third-order valence-corrected chi connectivity index (χ3v) is 7.29. The van der Waals surface area contributed by atoms with Gasteiger partial charge < -0.3 is 19.7 Å². The fourth-order valence-electron chi connectivity index (χ4n) is 3.61. The summed E-state index contributed by atoms with van der Waals surface area (Å²) in [7, 11) is -3.87. The van der Waals surface area contributed by atoms with Gasteiger partial charge in [-0.25, -0.2) is 8.42 Å². The maximum Gasteiger partial charge on any atom is 0.244 e. The normalized spacial score (nSPS) is 13.6. The summed E-state index contributed by atoms with van der Waals surface area (Å²) in [6, 6.07) is 8.60. The van der Waals surface area contributed by atoms with Crippen LogP contribution in [0.3, 0.4) is 0 Å². The molecule has 1 atom stereocenters. The van der Waals surface area contributed by atoms with Gasteiger partial charge in [0.1, 0.15) is 25.8 Å². The number of hydrogen-bond acceptors (Lipinski definition) is 6. The largest absolute Gasteiger partial charge is 0.486 e. The number of hydrogen-bond donors (Lipinski definition) is 1. The van der Waals surface area contributed by atoms with Crippen LogP contribution in [-0.4, -0.2) is 63.7 Å². The molecule has 196 valence electrons. The highest BCUT2D eigenvalue weighted by molar-refractivity contribution is 7.92. The zero-order chi connectivity index (χ0) is 26.5. The van der Waals surface area contributed by atoms with Crippen LogP contribution >= 0.6 is 23.2 Å². The molecule has 3 rings (SSSR count). The minimum Gasteiger partial charge on any atom is -0.486 e. The molecule has 1 aliphatic rings. The predicted octanol–water partition coefficient (Wildman–Crippen LogP) is 3.47. The number of ether oxygens (including phenoxy) is 2. The average molecular weight is 558 g/mol. The first kappa shape index (κ1) is 27.9. The van der Waals surface area contributed by atoms with Crippen molar-refractivity contribution in [1.29, 1.82) is 0 Å². The van der Waals surface area contributed by atoms with E-state index in [0.717, 1.165) is 17.0 Å². The number of carbonyl (C=O) groups is 2. The van der Waals surface area contributed by atoms with Crippen LogP contribution < -0.4 is 19.1 Å². The van der Waals surface area contributed by atoms with Crippen LogP contribution in [0.2, 0.25) is 10.0 Å². The van der Waals surface area contributed by atoms with Gasteiger partial charge >= 0.3 is 0 Å². The molecular formula is C24H29Cl2N3O6S. The van der Waals surface area contributed by atoms with Crippen LogP contribution in [0.25, 0.3) is 0 Å². The number of amides is 2. The summed E-state index contributed by atoms with van der Waals surface area (Å²) in [5, 5.41) is 3.53. The van der Waals surface area contributed by atoms with E-state index in [1.165, 1.54) is 11.0 Å². The van der Waals surface area contributed by atoms with Gasteiger partial charge in [0.05, 0.1) is 11.9 Å². The van der Waals surface area contributed by atoms with E-state index in [4.69, 9.17) is 32.7 Å². The Bertz CT molecular complexity index is 1220. The maximum atomic E-state index is 13.6. The van der Waals surface area contributed by atoms with Gasteiger partial charge in [0.25, 0.3) is 0 Å². The van der Waals surface area contributed by atoms with Crippen molar-refractivity contribution >= 4 is 50.7 Å². The van der Waals surface area contributed by atoms with Crippen LogP contribution in [0.1, 0.15) is 25.8 Å². The fraction of sp³-hybridized carbons (Fsp3) is 0.417. The van der Waals surface area contributed by atoms with E-state index in [0.29, 0.717) is 46.9 Å². The Morgan fingerprint density at radius 3 is 2.42 bits per heavy atom. The molecule has 0 saturated carbocycles. The minimum atomic E-state index is -3.87. The van der Waals surface area contributed by atoms with Crippen molar-refractivity contribution in [1.82, 2.24) is 10.2 Å². The standard InChI is InChI=1S/C24H29Cl2N3O6S/c1-4-9-27-24(31)16(2)28(14-17-5-6-18(25)12-20(17)26)23(30)15-29(36(3,32)33)19-7-8-21-22(13-19)35-11-10-34-21/h5-8,12-13,16H,4,9-11,14-15H2,1-3H3,(H,27,31)/t16-/m1/s1. The first-order valence-corrected chi connectivity index (χ1v) is 14.0. The Labute approximate surface area is 221 Å². The van der Waals surface area contributed by atoms with E-state index in [1.807, 2.05) is 6.92 Å². The molecule has 1 aliphatic heterocycles. The monoisotopic (exact) mass is 557 g/mol. The summed E-state index contributed by atoms with van der Waals surface area (Å²) in [4.78, 5) is 27.7. The van der Waals surface area contributed by atoms with Crippen LogP contribution in [0.4, 0.5) is 5.69 Å². The number of fused-ring (bicyclic) bond motifs is 1. The number of nitrogens with one attached hydrogen (secondary N) is 1. The van der Waals surface area contributed by atoms with Gasteiger partial charge in [-0.05, 0) is 43.2 Å². The molecule has 36 heavy (non-hydrogen) atoms. The van der Waals surface area contributed by atoms with Crippen molar-refractivity contribution in [3.8, 4) is 11.5 Å². The molecule has 1 heterocycles. The Morgan fingerprint density at radius 2 is 1.78 bits per heavy atom. The van der Waals surface area contributed by atoms with Gasteiger partial charge in [-0.15, -0.1) is 0 Å². The summed E-state index contributed by atoms with van der Waals surface area (Å²) >= 11 is 12.3. The second-order valence-corrected chi connectivity index (χ2v) is 11.1. The lowest BCUT2D eigenvalue weighted by Crippen LogP contribution is -2.51. The second kappa shape index (κ2) is 12.0. The second-order valence-electron chi connectivity index (χ2n) is 8.32. The quantitative estimate of drug-likeness (QED) is 0.479. The lowest BCUT2D eigenvalue weighted by molar-refractivity contribution is -0.139. The molecule has 0 aromatic heterocycles. The molecule has 1 N–H and O–H groups in total. The van der Waals surface area contributed by atoms with Gasteiger partial charge in [0.15, 0.2) is 11.5 Å². The Hall–Kier alpha value is -2.69. The summed E-state index contributed by atoms with van der Waals surface area (Å²) in [6.45, 7) is 4.11. The van der Waals surface area contributed by atoms with Crippen molar-refractivity contribution in [3.63, 3.8) is 0 Å². The highest BCUT2D eigenvalue weighted by atomic mass is 35.5. The zero-order valence-corrected chi connectivity index (χ0v) is 22.6. The number of sulfonamides is 1. The smallest absolute Gasteiger partial charge is 0.244 e. The summed E-state index contributed by atoms with van der Waals surface area (Å²) in [5.41, 5.74) is 0.803. The highest BCUT2D eigenvalue weighted by Crippen LogP contribution is 2.35. The Balaban J connectivity index is 1.93. The molecular weight excluding hydrogens is 529 g/mol. The van der Waals surface area contributed by atoms with E-state index < -0.39 is 28.5 Å². The van der Waals surface area contributed by atoms with Gasteiger partial charge in [-0.1, -0.05) is 36.2 Å². The van der Waals surface area contributed by atoms with Gasteiger partial charge in [-0.3, -0.25) is 13.9 Å². The molecule has 12 heteroatoms. The van der Waals surface area contributed by atoms with E-state index in [-0.39, 0.29) is 18.1 Å². The highest BCUT2D eigenvalue weighted by Gasteiger charge is 2.31. The molecule has 0 saturated heterocycles. The molecule has 0 radical (unpaired) electrons. The third-order valence-electron chi connectivity index (χ3n) is 5.57. The molecule has 0 unspecified atom stereocenters. The third kappa shape index (κ3) is 6.96. The zero-order valence-electron chi connectivity index (χ0n) is 20.3. The lowest BCUT2D eigenvalue weighted by Gasteiger charge is -2.32. The molecule has 0 aliphatic carbocycles. The van der Waals surface area contributed by atoms with Gasteiger partial charge in [-0.2, -0.15) is 0 Å². The van der Waals surface area contributed by atoms with Crippen molar-refractivity contribution < 1.29 is 27.5 Å². The molecule has 9 nitrogen and oxygen atoms in total. The average Bonchev–Trinajstić information content (AvgIpc) is 2.83. The first-order valence-electron chi connectivity index (χ1n) is 11.4. The van der Waals surface area contributed by atoms with Crippen molar-refractivity contribution in [2.75, 3.05) is 36.9 Å². The predicted molar refractivity (Wildman–Crippen MR) is 139 cm³/mol. The molecule has 0 fully saturated rings. The fourth-order valence-corrected chi connectivity index (χ4v) is 4.92. The number of halogens is 2. The molecule has 0 spiro atoms. The van der Waals surface area contributed by atoms with E-state index >= 15 is 0 Å². The van der Waals surface area contributed by atoms with Crippen LogP contribution in [0, 0.1) is 0 Å². The van der Waals surface area contributed by atoms with Crippen molar-refractivity contribution in [2.45, 2.75) is 32.9 Å². The Morgan fingerprint density at radius 1 is 1.08 bits per heavy atom. The molecule has 2 amide bonds. The molecule has 0 bridgehead atoms. The van der Waals surface area contributed by atoms with E-state index in [9.17, 15) is 18.0 Å². The lowest BCUT2D eigenvalue weighted by atomic mass is 10.1. The van der Waals surface area contributed by atoms with Gasteiger partial charge in [0.2, 0.25) is 21.8 Å². The van der Waals surface area contributed by atoms with Crippen LogP contribution in [0.5, 0.6) is 11.5 Å². The van der Waals surface area contributed by atoms with Gasteiger partial charge in [0, 0.05) is 29.2 Å². The molecule has 2 aromatic carbocycles. The summed E-state index contributed by atoms with van der Waals surface area (Å²) in [5.74, 6) is -0.0667. The topological polar surface area (TPSA) is 105 Å². The van der Waals surface area contributed by atoms with E-state index in [2.05, 4.69) is 5.32 Å². The summed E-state index contributed by atoms with van der Waals surface area (Å²) in [6.07, 6.45) is 1.73. The Kier molecular flexibility index (Phi) is 9.32.